The Morgan fingerprint density at radius 3 is 2.18 bits per heavy atom. The molecule has 22 heavy (non-hydrogen) atoms. The summed E-state index contributed by atoms with van der Waals surface area (Å²) in [6.07, 6.45) is 10.3. The first kappa shape index (κ1) is 19.4. The molecule has 0 aliphatic carbocycles. The minimum atomic E-state index is 0.518. The lowest BCUT2D eigenvalue weighted by molar-refractivity contribution is 0.304. The fourth-order valence-electron chi connectivity index (χ4n) is 2.26. The summed E-state index contributed by atoms with van der Waals surface area (Å²) in [5.41, 5.74) is 7.01. The number of nitrogens with two attached hydrogens (primary N) is 1. The second-order valence-corrected chi connectivity index (χ2v) is 6.74. The van der Waals surface area contributed by atoms with E-state index in [4.69, 9.17) is 22.1 Å². The fraction of sp³-hybridized carbons (Fsp3) is 0.556. The Morgan fingerprint density at radius 2 is 1.64 bits per heavy atom. The van der Waals surface area contributed by atoms with Crippen molar-refractivity contribution in [2.24, 2.45) is 5.73 Å². The van der Waals surface area contributed by atoms with Crippen LogP contribution in [0.5, 0.6) is 5.75 Å². The predicted molar refractivity (Wildman–Crippen MR) is 101 cm³/mol. The molecule has 0 spiro atoms. The molecule has 0 aromatic heterocycles. The highest BCUT2D eigenvalue weighted by atomic mass is 79.9. The van der Waals surface area contributed by atoms with Crippen LogP contribution in [0.15, 0.2) is 24.8 Å². The van der Waals surface area contributed by atoms with E-state index in [9.17, 15) is 0 Å². The topological polar surface area (TPSA) is 35.2 Å². The van der Waals surface area contributed by atoms with E-state index >= 15 is 0 Å². The monoisotopic (exact) mass is 387 g/mol. The molecular weight excluding hydrogens is 362 g/mol. The number of hydrogen-bond acceptors (Lipinski definition) is 2. The van der Waals surface area contributed by atoms with Gasteiger partial charge in [0.2, 0.25) is 0 Å². The van der Waals surface area contributed by atoms with E-state index in [0.29, 0.717) is 17.3 Å². The van der Waals surface area contributed by atoms with Crippen molar-refractivity contribution < 1.29 is 4.74 Å². The Labute approximate surface area is 148 Å². The van der Waals surface area contributed by atoms with Gasteiger partial charge in [-0.25, -0.2) is 0 Å². The molecule has 124 valence electrons. The summed E-state index contributed by atoms with van der Waals surface area (Å²) in [7, 11) is 0. The number of benzene rings is 1. The van der Waals surface area contributed by atoms with Crippen molar-refractivity contribution in [2.45, 2.75) is 51.4 Å². The van der Waals surface area contributed by atoms with Crippen LogP contribution in [0.4, 0.5) is 0 Å². The molecule has 1 aromatic carbocycles. The maximum absolute atomic E-state index is 6.17. The molecule has 0 bridgehead atoms. The Balaban J connectivity index is 2.09. The van der Waals surface area contributed by atoms with Gasteiger partial charge in [-0.15, -0.1) is 0 Å². The smallest absolute Gasteiger partial charge is 0.137 e. The number of unbranched alkanes of at least 4 members (excludes halogenated alkanes) is 7. The third-order valence-corrected chi connectivity index (χ3v) is 4.44. The molecule has 2 N–H and O–H groups in total. The fourth-order valence-corrected chi connectivity index (χ4v) is 2.89. The molecule has 0 aliphatic heterocycles. The first-order valence-electron chi connectivity index (χ1n) is 8.08. The minimum Gasteiger partial charge on any atom is -0.492 e. The Bertz CT molecular complexity index is 451. The lowest BCUT2D eigenvalue weighted by atomic mass is 10.1. The molecule has 2 nitrogen and oxygen atoms in total. The van der Waals surface area contributed by atoms with Crippen LogP contribution in [0.25, 0.3) is 5.70 Å². The van der Waals surface area contributed by atoms with Gasteiger partial charge in [-0.05, 0) is 36.6 Å². The van der Waals surface area contributed by atoms with Crippen molar-refractivity contribution in [3.05, 3.63) is 35.4 Å². The number of halogens is 2. The largest absolute Gasteiger partial charge is 0.492 e. The van der Waals surface area contributed by atoms with Crippen LogP contribution >= 0.6 is 27.5 Å². The molecule has 0 saturated heterocycles. The van der Waals surface area contributed by atoms with E-state index in [2.05, 4.69) is 22.5 Å². The van der Waals surface area contributed by atoms with Gasteiger partial charge in [0.25, 0.3) is 0 Å². The van der Waals surface area contributed by atoms with Crippen molar-refractivity contribution in [1.29, 1.82) is 0 Å². The molecule has 0 heterocycles. The first-order chi connectivity index (χ1) is 10.6. The lowest BCUT2D eigenvalue weighted by Crippen LogP contribution is -1.99. The van der Waals surface area contributed by atoms with Gasteiger partial charge in [-0.3, -0.25) is 0 Å². The maximum Gasteiger partial charge on any atom is 0.137 e. The summed E-state index contributed by atoms with van der Waals surface area (Å²) < 4.78 is 5.72. The van der Waals surface area contributed by atoms with Gasteiger partial charge >= 0.3 is 0 Å². The Hall–Kier alpha value is -0.670. The van der Waals surface area contributed by atoms with E-state index in [1.54, 1.807) is 6.07 Å². The Morgan fingerprint density at radius 1 is 1.05 bits per heavy atom. The predicted octanol–water partition coefficient (Wildman–Crippen LogP) is 6.16. The van der Waals surface area contributed by atoms with Crippen molar-refractivity contribution in [2.75, 3.05) is 11.9 Å². The second-order valence-electron chi connectivity index (χ2n) is 5.54. The van der Waals surface area contributed by atoms with Crippen LogP contribution in [-0.2, 0) is 0 Å². The van der Waals surface area contributed by atoms with E-state index in [1.165, 1.54) is 44.9 Å². The van der Waals surface area contributed by atoms with Gasteiger partial charge in [0.15, 0.2) is 0 Å². The average Bonchev–Trinajstić information content (AvgIpc) is 2.50. The van der Waals surface area contributed by atoms with Crippen LogP contribution < -0.4 is 10.5 Å². The normalized spacial score (nSPS) is 10.6. The first-order valence-corrected chi connectivity index (χ1v) is 9.58. The highest BCUT2D eigenvalue weighted by Gasteiger charge is 2.04. The summed E-state index contributed by atoms with van der Waals surface area (Å²) in [6, 6.07) is 5.54. The summed E-state index contributed by atoms with van der Waals surface area (Å²) >= 11 is 9.63. The Kier molecular flexibility index (Phi) is 10.4. The van der Waals surface area contributed by atoms with Crippen LogP contribution in [0.2, 0.25) is 5.02 Å². The van der Waals surface area contributed by atoms with Crippen LogP contribution in [0.3, 0.4) is 0 Å². The summed E-state index contributed by atoms with van der Waals surface area (Å²) in [6.45, 7) is 4.41. The molecule has 0 amide bonds. The van der Waals surface area contributed by atoms with Gasteiger partial charge in [0, 0.05) is 11.0 Å². The maximum atomic E-state index is 6.17. The van der Waals surface area contributed by atoms with Gasteiger partial charge in [-0.2, -0.15) is 0 Å². The zero-order valence-corrected chi connectivity index (χ0v) is 15.6. The van der Waals surface area contributed by atoms with Crippen molar-refractivity contribution in [3.63, 3.8) is 0 Å². The van der Waals surface area contributed by atoms with Gasteiger partial charge in [0.05, 0.1) is 11.6 Å². The quantitative estimate of drug-likeness (QED) is 0.343. The van der Waals surface area contributed by atoms with Crippen LogP contribution in [0, 0.1) is 0 Å². The lowest BCUT2D eigenvalue weighted by Gasteiger charge is -2.09. The van der Waals surface area contributed by atoms with Gasteiger partial charge in [-0.1, -0.05) is 72.6 Å². The highest BCUT2D eigenvalue weighted by molar-refractivity contribution is 9.09. The third kappa shape index (κ3) is 8.09. The van der Waals surface area contributed by atoms with Crippen molar-refractivity contribution >= 4 is 33.2 Å². The molecule has 0 unspecified atom stereocenters. The summed E-state index contributed by atoms with van der Waals surface area (Å²) in [5, 5.41) is 1.73. The molecule has 0 radical (unpaired) electrons. The molecule has 0 saturated carbocycles. The number of ether oxygens (including phenoxy) is 1. The zero-order chi connectivity index (χ0) is 16.2. The summed E-state index contributed by atoms with van der Waals surface area (Å²) in [5.74, 6) is 0.724. The molecule has 0 atom stereocenters. The summed E-state index contributed by atoms with van der Waals surface area (Å²) in [4.78, 5) is 0. The van der Waals surface area contributed by atoms with Crippen molar-refractivity contribution in [3.8, 4) is 5.75 Å². The van der Waals surface area contributed by atoms with Crippen LogP contribution in [-0.4, -0.2) is 11.9 Å². The number of rotatable bonds is 12. The molecule has 4 heteroatoms. The van der Waals surface area contributed by atoms with E-state index < -0.39 is 0 Å². The zero-order valence-electron chi connectivity index (χ0n) is 13.3. The SMILES string of the molecule is C=C(N)c1ccc(OCCCCCCCCCCBr)c(Cl)c1. The molecule has 0 aliphatic rings. The molecule has 1 aromatic rings. The van der Waals surface area contributed by atoms with E-state index in [0.717, 1.165) is 23.1 Å². The molecule has 1 rings (SSSR count). The average molecular weight is 389 g/mol. The standard InChI is InChI=1S/C18H27BrClNO/c1-15(21)16-10-11-18(17(20)14-16)22-13-9-7-5-3-2-4-6-8-12-19/h10-11,14H,1-9,12-13,21H2. The molecular formula is C18H27BrClNO. The van der Waals surface area contributed by atoms with Crippen molar-refractivity contribution in [1.82, 2.24) is 0 Å². The molecule has 0 fully saturated rings. The van der Waals surface area contributed by atoms with E-state index in [1.807, 2.05) is 12.1 Å². The minimum absolute atomic E-state index is 0.518. The highest BCUT2D eigenvalue weighted by Crippen LogP contribution is 2.27. The number of alkyl halides is 1. The van der Waals surface area contributed by atoms with Crippen LogP contribution in [0.1, 0.15) is 56.9 Å². The van der Waals surface area contributed by atoms with Gasteiger partial charge in [0.1, 0.15) is 5.75 Å². The third-order valence-electron chi connectivity index (χ3n) is 3.59. The van der Waals surface area contributed by atoms with Gasteiger partial charge < -0.3 is 10.5 Å². The second kappa shape index (κ2) is 11.8. The number of hydrogen-bond donors (Lipinski definition) is 1. The van der Waals surface area contributed by atoms with E-state index in [-0.39, 0.29) is 0 Å².